The number of nitrogens with one attached hydrogen (secondary N) is 2. The molecule has 3 rings (SSSR count). The van der Waals surface area contributed by atoms with Crippen molar-refractivity contribution in [1.29, 1.82) is 5.26 Å². The van der Waals surface area contributed by atoms with Crippen LogP contribution in [0.1, 0.15) is 30.5 Å². The third-order valence-corrected chi connectivity index (χ3v) is 4.53. The van der Waals surface area contributed by atoms with Crippen LogP contribution in [0.3, 0.4) is 0 Å². The van der Waals surface area contributed by atoms with Crippen molar-refractivity contribution in [2.45, 2.75) is 32.1 Å². The van der Waals surface area contributed by atoms with E-state index in [9.17, 15) is 4.79 Å². The molecule has 0 fully saturated rings. The van der Waals surface area contributed by atoms with Gasteiger partial charge in [0.15, 0.2) is 0 Å². The van der Waals surface area contributed by atoms with Crippen LogP contribution in [0.15, 0.2) is 29.4 Å². The molecule has 0 saturated heterocycles. The third-order valence-electron chi connectivity index (χ3n) is 4.53. The smallest absolute Gasteiger partial charge is 0.284 e. The van der Waals surface area contributed by atoms with E-state index in [1.165, 1.54) is 30.2 Å². The van der Waals surface area contributed by atoms with Crippen LogP contribution in [0.4, 0.5) is 5.69 Å². The fourth-order valence-electron chi connectivity index (χ4n) is 3.28. The summed E-state index contributed by atoms with van der Waals surface area (Å²) in [5.41, 5.74) is 4.10. The first-order chi connectivity index (χ1) is 12.7. The first-order valence-corrected chi connectivity index (χ1v) is 8.79. The second kappa shape index (κ2) is 9.74. The standard InChI is InChI=1S/C19H21N5O2.ClH/c20-12-17(24-26)19(25)22-11-5-10-21-18-13-6-1-3-8-15(13)23-16-9-4-2-7-14(16)18;/h1,3,6,8,26H,2,4-5,7,9-11H2,(H,21,23)(H,22,25);1H/b24-17-;. The van der Waals surface area contributed by atoms with Gasteiger partial charge in [0.2, 0.25) is 5.71 Å². The van der Waals surface area contributed by atoms with Crippen LogP contribution in [0, 0.1) is 11.3 Å². The summed E-state index contributed by atoms with van der Waals surface area (Å²) in [5.74, 6) is -0.665. The van der Waals surface area contributed by atoms with Crippen molar-refractivity contribution in [2.75, 3.05) is 18.4 Å². The predicted molar refractivity (Wildman–Crippen MR) is 107 cm³/mol. The van der Waals surface area contributed by atoms with Crippen molar-refractivity contribution >= 4 is 40.6 Å². The molecule has 1 aromatic heterocycles. The number of hydrogen-bond acceptors (Lipinski definition) is 6. The molecule has 0 unspecified atom stereocenters. The molecule has 0 atom stereocenters. The maximum Gasteiger partial charge on any atom is 0.284 e. The number of rotatable bonds is 6. The Labute approximate surface area is 163 Å². The van der Waals surface area contributed by atoms with Crippen LogP contribution in [0.5, 0.6) is 0 Å². The maximum absolute atomic E-state index is 11.6. The van der Waals surface area contributed by atoms with Gasteiger partial charge in [-0.3, -0.25) is 9.78 Å². The Kier molecular flexibility index (Phi) is 7.38. The van der Waals surface area contributed by atoms with Crippen LogP contribution < -0.4 is 10.6 Å². The highest BCUT2D eigenvalue weighted by Gasteiger charge is 2.17. The molecular weight excluding hydrogens is 366 g/mol. The molecule has 1 aliphatic carbocycles. The number of aromatic nitrogens is 1. The average Bonchev–Trinajstić information content (AvgIpc) is 2.68. The number of nitrogens with zero attached hydrogens (tertiary/aromatic N) is 3. The van der Waals surface area contributed by atoms with Gasteiger partial charge in [-0.05, 0) is 43.7 Å². The lowest BCUT2D eigenvalue weighted by Crippen LogP contribution is -2.31. The Morgan fingerprint density at radius 1 is 1.26 bits per heavy atom. The number of oxime groups is 1. The molecule has 0 bridgehead atoms. The number of para-hydroxylation sites is 1. The normalized spacial score (nSPS) is 13.2. The molecule has 142 valence electrons. The summed E-state index contributed by atoms with van der Waals surface area (Å²) in [7, 11) is 0. The topological polar surface area (TPSA) is 110 Å². The van der Waals surface area contributed by atoms with Gasteiger partial charge < -0.3 is 15.8 Å². The van der Waals surface area contributed by atoms with E-state index < -0.39 is 11.6 Å². The Hall–Kier alpha value is -2.85. The number of pyridine rings is 1. The molecule has 1 aliphatic rings. The Balaban J connectivity index is 0.00000261. The van der Waals surface area contributed by atoms with Crippen LogP contribution in [-0.2, 0) is 17.6 Å². The Bertz CT molecular complexity index is 892. The average molecular weight is 388 g/mol. The number of halogens is 1. The van der Waals surface area contributed by atoms with Gasteiger partial charge in [0.25, 0.3) is 5.91 Å². The number of carbonyl (C=O) groups is 1. The van der Waals surface area contributed by atoms with Gasteiger partial charge in [0.1, 0.15) is 6.07 Å². The minimum absolute atomic E-state index is 0. The van der Waals surface area contributed by atoms with Crippen molar-refractivity contribution in [3.8, 4) is 6.07 Å². The lowest BCUT2D eigenvalue weighted by atomic mass is 9.92. The first kappa shape index (κ1) is 20.5. The summed E-state index contributed by atoms with van der Waals surface area (Å²) in [6.07, 6.45) is 5.08. The highest BCUT2D eigenvalue weighted by molar-refractivity contribution is 6.44. The monoisotopic (exact) mass is 387 g/mol. The van der Waals surface area contributed by atoms with Gasteiger partial charge >= 0.3 is 0 Å². The van der Waals surface area contributed by atoms with Crippen molar-refractivity contribution < 1.29 is 10.0 Å². The summed E-state index contributed by atoms with van der Waals surface area (Å²) in [5, 5.41) is 27.0. The lowest BCUT2D eigenvalue weighted by molar-refractivity contribution is -0.114. The van der Waals surface area contributed by atoms with Crippen molar-refractivity contribution in [2.24, 2.45) is 5.16 Å². The number of nitriles is 1. The largest absolute Gasteiger partial charge is 0.410 e. The fourth-order valence-corrected chi connectivity index (χ4v) is 3.28. The highest BCUT2D eigenvalue weighted by Crippen LogP contribution is 2.33. The quantitative estimate of drug-likeness (QED) is 0.305. The van der Waals surface area contributed by atoms with Gasteiger partial charge in [0.05, 0.1) is 5.52 Å². The Morgan fingerprint density at radius 2 is 2.04 bits per heavy atom. The summed E-state index contributed by atoms with van der Waals surface area (Å²) in [4.78, 5) is 16.4. The van der Waals surface area contributed by atoms with Crippen LogP contribution in [-0.4, -0.2) is 34.9 Å². The summed E-state index contributed by atoms with van der Waals surface area (Å²) >= 11 is 0. The molecule has 27 heavy (non-hydrogen) atoms. The molecule has 1 amide bonds. The predicted octanol–water partition coefficient (Wildman–Crippen LogP) is 2.81. The van der Waals surface area contributed by atoms with E-state index in [0.717, 1.165) is 29.4 Å². The molecule has 8 heteroatoms. The molecule has 3 N–H and O–H groups in total. The number of anilines is 1. The maximum atomic E-state index is 11.6. The number of hydrogen-bond donors (Lipinski definition) is 3. The fraction of sp³-hybridized carbons (Fsp3) is 0.368. The summed E-state index contributed by atoms with van der Waals surface area (Å²) in [6, 6.07) is 9.67. The van der Waals surface area contributed by atoms with Gasteiger partial charge in [0, 0.05) is 29.9 Å². The molecule has 0 aliphatic heterocycles. The Morgan fingerprint density at radius 3 is 2.81 bits per heavy atom. The SMILES string of the molecule is Cl.N#C/C(=N/O)C(=O)NCCCNc1c2c(nc3ccccc13)CCCC2. The second-order valence-electron chi connectivity index (χ2n) is 6.23. The molecule has 1 heterocycles. The van der Waals surface area contributed by atoms with E-state index >= 15 is 0 Å². The van der Waals surface area contributed by atoms with Crippen LogP contribution in [0.2, 0.25) is 0 Å². The van der Waals surface area contributed by atoms with Gasteiger partial charge in [-0.25, -0.2) is 0 Å². The van der Waals surface area contributed by atoms with E-state index in [1.54, 1.807) is 0 Å². The minimum atomic E-state index is -0.665. The molecule has 0 spiro atoms. The van der Waals surface area contributed by atoms with Crippen LogP contribution in [0.25, 0.3) is 10.9 Å². The molecule has 2 aromatic rings. The molecule has 0 radical (unpaired) electrons. The number of amides is 1. The number of carbonyl (C=O) groups excluding carboxylic acids is 1. The molecule has 1 aromatic carbocycles. The van der Waals surface area contributed by atoms with Crippen LogP contribution >= 0.6 is 12.4 Å². The number of benzene rings is 1. The summed E-state index contributed by atoms with van der Waals surface area (Å²) < 4.78 is 0. The zero-order valence-corrected chi connectivity index (χ0v) is 15.7. The van der Waals surface area contributed by atoms with E-state index in [4.69, 9.17) is 15.5 Å². The third kappa shape index (κ3) is 4.66. The zero-order chi connectivity index (χ0) is 18.4. The zero-order valence-electron chi connectivity index (χ0n) is 14.9. The van der Waals surface area contributed by atoms with Crippen molar-refractivity contribution in [3.05, 3.63) is 35.5 Å². The van der Waals surface area contributed by atoms with E-state index in [1.807, 2.05) is 18.2 Å². The van der Waals surface area contributed by atoms with Crippen molar-refractivity contribution in [3.63, 3.8) is 0 Å². The van der Waals surface area contributed by atoms with Gasteiger partial charge in [-0.15, -0.1) is 12.4 Å². The first-order valence-electron chi connectivity index (χ1n) is 8.79. The number of fused-ring (bicyclic) bond motifs is 2. The summed E-state index contributed by atoms with van der Waals surface area (Å²) in [6.45, 7) is 1.07. The molecular formula is C19H22ClN5O2. The van der Waals surface area contributed by atoms with Gasteiger partial charge in [-0.2, -0.15) is 5.26 Å². The van der Waals surface area contributed by atoms with E-state index in [0.29, 0.717) is 19.5 Å². The van der Waals surface area contributed by atoms with Gasteiger partial charge in [-0.1, -0.05) is 23.4 Å². The minimum Gasteiger partial charge on any atom is -0.410 e. The molecule has 7 nitrogen and oxygen atoms in total. The second-order valence-corrected chi connectivity index (χ2v) is 6.23. The molecule has 0 saturated carbocycles. The lowest BCUT2D eigenvalue weighted by Gasteiger charge is -2.21. The van der Waals surface area contributed by atoms with Crippen molar-refractivity contribution in [1.82, 2.24) is 10.3 Å². The number of aryl methyl sites for hydroxylation is 1. The van der Waals surface area contributed by atoms with E-state index in [2.05, 4.69) is 21.9 Å². The highest BCUT2D eigenvalue weighted by atomic mass is 35.5. The van der Waals surface area contributed by atoms with E-state index in [-0.39, 0.29) is 12.4 Å².